The average Bonchev–Trinajstić information content (AvgIpc) is 2.56. The molecule has 1 fully saturated rings. The summed E-state index contributed by atoms with van der Waals surface area (Å²) >= 11 is 0. The van der Waals surface area contributed by atoms with Gasteiger partial charge in [-0.05, 0) is 30.5 Å². The van der Waals surface area contributed by atoms with Crippen LogP contribution < -0.4 is 16.5 Å². The Kier molecular flexibility index (Phi) is 4.94. The van der Waals surface area contributed by atoms with Crippen LogP contribution in [-0.2, 0) is 15.0 Å². The number of amidine groups is 1. The van der Waals surface area contributed by atoms with E-state index in [1.54, 1.807) is 30.3 Å². The van der Waals surface area contributed by atoms with Crippen molar-refractivity contribution >= 4 is 29.0 Å². The van der Waals surface area contributed by atoms with Crippen molar-refractivity contribution in [3.63, 3.8) is 0 Å². The van der Waals surface area contributed by atoms with Crippen molar-refractivity contribution in [3.8, 4) is 6.07 Å². The number of piperidine rings is 1. The van der Waals surface area contributed by atoms with Gasteiger partial charge in [0.2, 0.25) is 17.5 Å². The Balaban J connectivity index is 2.22. The van der Waals surface area contributed by atoms with E-state index in [-0.39, 0.29) is 17.5 Å². The molecule has 0 spiro atoms. The number of hydrazone groups is 1. The number of carbonyl (C=O) groups excluding carboxylic acids is 2. The van der Waals surface area contributed by atoms with E-state index in [9.17, 15) is 9.59 Å². The first-order valence-electron chi connectivity index (χ1n) is 7.46. The van der Waals surface area contributed by atoms with Crippen LogP contribution in [0.5, 0.6) is 0 Å². The van der Waals surface area contributed by atoms with Gasteiger partial charge in [0, 0.05) is 6.42 Å². The molecule has 1 saturated heterocycles. The van der Waals surface area contributed by atoms with Gasteiger partial charge in [-0.15, -0.1) is 0 Å². The molecule has 1 heterocycles. The van der Waals surface area contributed by atoms with E-state index < -0.39 is 11.3 Å². The first-order chi connectivity index (χ1) is 11.4. The average molecular weight is 326 g/mol. The molecule has 2 amide bonds. The zero-order valence-electron chi connectivity index (χ0n) is 13.2. The molecule has 1 unspecified atom stereocenters. The summed E-state index contributed by atoms with van der Waals surface area (Å²) in [5.41, 5.74) is 8.34. The SMILES string of the molecule is CCC1(c2ccc(N/N=C(\C#N)C(=N)N)cc2)CCC(=O)NC1=O. The Morgan fingerprint density at radius 1 is 1.46 bits per heavy atom. The number of nitrogens with zero attached hydrogens (tertiary/aromatic N) is 2. The first kappa shape index (κ1) is 17.1. The van der Waals surface area contributed by atoms with E-state index >= 15 is 0 Å². The number of imide groups is 1. The molecule has 0 radical (unpaired) electrons. The summed E-state index contributed by atoms with van der Waals surface area (Å²) in [6, 6.07) is 8.72. The predicted octanol–water partition coefficient (Wildman–Crippen LogP) is 0.998. The maximum Gasteiger partial charge on any atom is 0.237 e. The van der Waals surface area contributed by atoms with Crippen LogP contribution in [0.1, 0.15) is 31.7 Å². The summed E-state index contributed by atoms with van der Waals surface area (Å²) in [6.45, 7) is 1.91. The molecular weight excluding hydrogens is 308 g/mol. The van der Waals surface area contributed by atoms with Crippen molar-refractivity contribution in [3.05, 3.63) is 29.8 Å². The van der Waals surface area contributed by atoms with Crippen LogP contribution in [0.4, 0.5) is 5.69 Å². The quantitative estimate of drug-likeness (QED) is 0.276. The highest BCUT2D eigenvalue weighted by Gasteiger charge is 2.42. The number of benzene rings is 1. The highest BCUT2D eigenvalue weighted by Crippen LogP contribution is 2.36. The predicted molar refractivity (Wildman–Crippen MR) is 89.4 cm³/mol. The zero-order chi connectivity index (χ0) is 17.7. The lowest BCUT2D eigenvalue weighted by Crippen LogP contribution is -2.51. The molecule has 0 aliphatic carbocycles. The molecule has 0 bridgehead atoms. The second-order valence-corrected chi connectivity index (χ2v) is 5.49. The van der Waals surface area contributed by atoms with Gasteiger partial charge >= 0.3 is 0 Å². The van der Waals surface area contributed by atoms with Gasteiger partial charge in [0.05, 0.1) is 11.1 Å². The number of anilines is 1. The molecule has 8 heteroatoms. The van der Waals surface area contributed by atoms with Gasteiger partial charge in [-0.2, -0.15) is 10.4 Å². The Hall–Kier alpha value is -3.21. The van der Waals surface area contributed by atoms with Crippen LogP contribution in [0, 0.1) is 16.7 Å². The Morgan fingerprint density at radius 2 is 2.12 bits per heavy atom. The normalized spacial score (nSPS) is 20.9. The molecule has 1 aliphatic rings. The minimum atomic E-state index is -0.715. The highest BCUT2D eigenvalue weighted by atomic mass is 16.2. The third-order valence-corrected chi connectivity index (χ3v) is 4.17. The zero-order valence-corrected chi connectivity index (χ0v) is 13.2. The number of nitrogens with two attached hydrogens (primary N) is 1. The summed E-state index contributed by atoms with van der Waals surface area (Å²) in [6.07, 6.45) is 1.37. The third-order valence-electron chi connectivity index (χ3n) is 4.17. The molecule has 124 valence electrons. The fraction of sp³-hybridized carbons (Fsp3) is 0.312. The van der Waals surface area contributed by atoms with Gasteiger partial charge < -0.3 is 5.73 Å². The number of nitrogens with one attached hydrogen (secondary N) is 3. The van der Waals surface area contributed by atoms with Gasteiger partial charge in [-0.25, -0.2) is 0 Å². The molecule has 8 nitrogen and oxygen atoms in total. The van der Waals surface area contributed by atoms with Crippen molar-refractivity contribution in [2.45, 2.75) is 31.6 Å². The third kappa shape index (κ3) is 3.25. The number of hydrogen-bond donors (Lipinski definition) is 4. The first-order valence-corrected chi connectivity index (χ1v) is 7.46. The minimum absolute atomic E-state index is 0.214. The van der Waals surface area contributed by atoms with Crippen LogP contribution >= 0.6 is 0 Å². The fourth-order valence-corrected chi connectivity index (χ4v) is 2.70. The van der Waals surface area contributed by atoms with Crippen LogP contribution in [0.15, 0.2) is 29.4 Å². The van der Waals surface area contributed by atoms with Crippen LogP contribution in [0.2, 0.25) is 0 Å². The van der Waals surface area contributed by atoms with Crippen molar-refractivity contribution in [2.24, 2.45) is 10.8 Å². The number of rotatable bonds is 5. The monoisotopic (exact) mass is 326 g/mol. The van der Waals surface area contributed by atoms with E-state index in [0.717, 1.165) is 5.56 Å². The van der Waals surface area contributed by atoms with Crippen molar-refractivity contribution in [1.82, 2.24) is 5.32 Å². The Morgan fingerprint density at radius 3 is 2.62 bits per heavy atom. The second kappa shape index (κ2) is 6.91. The molecule has 5 N–H and O–H groups in total. The molecule has 1 aliphatic heterocycles. The molecule has 24 heavy (non-hydrogen) atoms. The molecule has 2 rings (SSSR count). The van der Waals surface area contributed by atoms with Crippen molar-refractivity contribution in [1.29, 1.82) is 10.7 Å². The van der Waals surface area contributed by atoms with Crippen LogP contribution in [0.3, 0.4) is 0 Å². The number of hydrogen-bond acceptors (Lipinski definition) is 6. The Labute approximate surface area is 139 Å². The number of carbonyl (C=O) groups is 2. The maximum atomic E-state index is 12.3. The van der Waals surface area contributed by atoms with E-state index in [1.165, 1.54) is 0 Å². The molecule has 0 saturated carbocycles. The lowest BCUT2D eigenvalue weighted by Gasteiger charge is -2.35. The van der Waals surface area contributed by atoms with Gasteiger partial charge in [-0.3, -0.25) is 25.7 Å². The van der Waals surface area contributed by atoms with E-state index in [0.29, 0.717) is 24.9 Å². The summed E-state index contributed by atoms with van der Waals surface area (Å²) in [4.78, 5) is 23.7. The smallest absolute Gasteiger partial charge is 0.237 e. The minimum Gasteiger partial charge on any atom is -0.382 e. The largest absolute Gasteiger partial charge is 0.382 e. The van der Waals surface area contributed by atoms with Crippen LogP contribution in [-0.4, -0.2) is 23.4 Å². The maximum absolute atomic E-state index is 12.3. The van der Waals surface area contributed by atoms with E-state index in [2.05, 4.69) is 15.8 Å². The fourth-order valence-electron chi connectivity index (χ4n) is 2.70. The Bertz CT molecular complexity index is 747. The number of amides is 2. The standard InChI is InChI=1S/C16H18N6O2/c1-2-16(8-7-13(23)20-15(16)24)10-3-5-11(6-4-10)21-22-12(9-17)14(18)19/h3-6,21H,2,7-8H2,1H3,(H3,18,19)(H,20,23,24)/b22-12+. The lowest BCUT2D eigenvalue weighted by atomic mass is 9.72. The molecule has 0 aromatic heterocycles. The number of nitriles is 1. The van der Waals surface area contributed by atoms with Crippen molar-refractivity contribution in [2.75, 3.05) is 5.43 Å². The highest BCUT2D eigenvalue weighted by molar-refractivity contribution is 6.45. The van der Waals surface area contributed by atoms with Crippen LogP contribution in [0.25, 0.3) is 0 Å². The molecule has 1 atom stereocenters. The van der Waals surface area contributed by atoms with E-state index in [4.69, 9.17) is 16.4 Å². The van der Waals surface area contributed by atoms with Gasteiger partial charge in [0.25, 0.3) is 0 Å². The summed E-state index contributed by atoms with van der Waals surface area (Å²) in [5, 5.41) is 22.1. The molecular formula is C16H18N6O2. The van der Waals surface area contributed by atoms with E-state index in [1.807, 2.05) is 6.92 Å². The summed E-state index contributed by atoms with van der Waals surface area (Å²) < 4.78 is 0. The summed E-state index contributed by atoms with van der Waals surface area (Å²) in [5.74, 6) is -0.941. The molecule has 1 aromatic carbocycles. The summed E-state index contributed by atoms with van der Waals surface area (Å²) in [7, 11) is 0. The molecule has 1 aromatic rings. The van der Waals surface area contributed by atoms with Gasteiger partial charge in [0.1, 0.15) is 6.07 Å². The second-order valence-electron chi connectivity index (χ2n) is 5.49. The van der Waals surface area contributed by atoms with Gasteiger partial charge in [0.15, 0.2) is 5.84 Å². The lowest BCUT2D eigenvalue weighted by molar-refractivity contribution is -0.138. The topological polar surface area (TPSA) is 144 Å². The van der Waals surface area contributed by atoms with Gasteiger partial charge in [-0.1, -0.05) is 19.1 Å². The van der Waals surface area contributed by atoms with Crippen molar-refractivity contribution < 1.29 is 9.59 Å².